The summed E-state index contributed by atoms with van der Waals surface area (Å²) in [6.45, 7) is 0. The Morgan fingerprint density at radius 1 is 1.38 bits per heavy atom. The van der Waals surface area contributed by atoms with Gasteiger partial charge in [0.1, 0.15) is 0 Å². The average Bonchev–Trinajstić information content (AvgIpc) is 2.29. The highest BCUT2D eigenvalue weighted by atomic mass is 35.5. The van der Waals surface area contributed by atoms with Gasteiger partial charge in [-0.1, -0.05) is 23.2 Å². The van der Waals surface area contributed by atoms with E-state index in [0.29, 0.717) is 22.9 Å². The molecule has 1 aromatic carbocycles. The quantitative estimate of drug-likeness (QED) is 0.619. The van der Waals surface area contributed by atoms with Crippen LogP contribution in [-0.2, 0) is 16.0 Å². The molecule has 0 fully saturated rings. The summed E-state index contributed by atoms with van der Waals surface area (Å²) in [5.74, 6) is -0.249. The molecular weight excluding hydrogens is 267 g/mol. The molecule has 0 aromatic heterocycles. The molecule has 0 bridgehead atoms. The first kappa shape index (κ1) is 13.7. The van der Waals surface area contributed by atoms with Gasteiger partial charge in [0.05, 0.1) is 12.1 Å². The van der Waals surface area contributed by atoms with Crippen LogP contribution in [0.3, 0.4) is 0 Å². The van der Waals surface area contributed by atoms with E-state index in [1.807, 2.05) is 12.3 Å². The van der Waals surface area contributed by atoms with Crippen molar-refractivity contribution in [3.8, 4) is 0 Å². The number of methoxy groups -OCH3 is 1. The van der Waals surface area contributed by atoms with E-state index in [-0.39, 0.29) is 5.97 Å². The van der Waals surface area contributed by atoms with Gasteiger partial charge in [0.25, 0.3) is 0 Å². The molecule has 1 aromatic rings. The standard InChI is InChI=1S/C11H12Cl2O2S/c1-15-11(14)4-3-7-5-9(13)10(16-2)6-8(7)12/h5-6H,3-4H2,1-2H3. The molecule has 16 heavy (non-hydrogen) atoms. The molecule has 0 spiro atoms. The van der Waals surface area contributed by atoms with E-state index in [2.05, 4.69) is 4.74 Å². The van der Waals surface area contributed by atoms with Crippen molar-refractivity contribution in [1.29, 1.82) is 0 Å². The van der Waals surface area contributed by atoms with Gasteiger partial charge in [-0.2, -0.15) is 0 Å². The predicted molar refractivity (Wildman–Crippen MR) is 68.6 cm³/mol. The van der Waals surface area contributed by atoms with E-state index in [1.165, 1.54) is 18.9 Å². The van der Waals surface area contributed by atoms with Crippen LogP contribution in [0.25, 0.3) is 0 Å². The van der Waals surface area contributed by atoms with Crippen LogP contribution in [0.1, 0.15) is 12.0 Å². The molecule has 1 rings (SSSR count). The smallest absolute Gasteiger partial charge is 0.305 e. The summed E-state index contributed by atoms with van der Waals surface area (Å²) in [6.07, 6.45) is 2.79. The number of aryl methyl sites for hydroxylation is 1. The van der Waals surface area contributed by atoms with E-state index in [9.17, 15) is 4.79 Å². The zero-order valence-corrected chi connectivity index (χ0v) is 11.4. The lowest BCUT2D eigenvalue weighted by molar-refractivity contribution is -0.140. The summed E-state index contributed by atoms with van der Waals surface area (Å²) in [5.41, 5.74) is 0.870. The van der Waals surface area contributed by atoms with Crippen LogP contribution in [0.15, 0.2) is 17.0 Å². The van der Waals surface area contributed by atoms with Gasteiger partial charge in [-0.05, 0) is 30.4 Å². The van der Waals surface area contributed by atoms with Gasteiger partial charge in [-0.15, -0.1) is 11.8 Å². The van der Waals surface area contributed by atoms with Gasteiger partial charge in [0.15, 0.2) is 0 Å². The van der Waals surface area contributed by atoms with Crippen molar-refractivity contribution in [2.45, 2.75) is 17.7 Å². The van der Waals surface area contributed by atoms with Crippen LogP contribution >= 0.6 is 35.0 Å². The van der Waals surface area contributed by atoms with Gasteiger partial charge in [-0.25, -0.2) is 0 Å². The van der Waals surface area contributed by atoms with Gasteiger partial charge in [0, 0.05) is 16.3 Å². The number of hydrogen-bond donors (Lipinski definition) is 0. The van der Waals surface area contributed by atoms with Crippen molar-refractivity contribution in [3.63, 3.8) is 0 Å². The molecule has 88 valence electrons. The lowest BCUT2D eigenvalue weighted by atomic mass is 10.1. The number of halogens is 2. The highest BCUT2D eigenvalue weighted by molar-refractivity contribution is 7.98. The molecular formula is C11H12Cl2O2S. The lowest BCUT2D eigenvalue weighted by Crippen LogP contribution is -2.02. The second-order valence-corrected chi connectivity index (χ2v) is 4.82. The molecule has 2 nitrogen and oxygen atoms in total. The Morgan fingerprint density at radius 3 is 2.62 bits per heavy atom. The number of esters is 1. The highest BCUT2D eigenvalue weighted by Crippen LogP contribution is 2.31. The summed E-state index contributed by atoms with van der Waals surface area (Å²) >= 11 is 13.7. The van der Waals surface area contributed by atoms with Crippen molar-refractivity contribution in [2.24, 2.45) is 0 Å². The highest BCUT2D eigenvalue weighted by Gasteiger charge is 2.09. The normalized spacial score (nSPS) is 10.2. The van der Waals surface area contributed by atoms with Crippen LogP contribution in [-0.4, -0.2) is 19.3 Å². The Hall–Kier alpha value is -0.380. The monoisotopic (exact) mass is 278 g/mol. The number of rotatable bonds is 4. The number of carbonyl (C=O) groups is 1. The minimum atomic E-state index is -0.249. The average molecular weight is 279 g/mol. The topological polar surface area (TPSA) is 26.3 Å². The number of carbonyl (C=O) groups excluding carboxylic acids is 1. The number of thioether (sulfide) groups is 1. The first-order valence-electron chi connectivity index (χ1n) is 4.67. The molecule has 0 aliphatic rings. The maximum atomic E-state index is 11.0. The Balaban J connectivity index is 2.81. The maximum absolute atomic E-state index is 11.0. The lowest BCUT2D eigenvalue weighted by Gasteiger charge is -2.07. The molecule has 0 saturated heterocycles. The van der Waals surface area contributed by atoms with Crippen molar-refractivity contribution in [2.75, 3.05) is 13.4 Å². The molecule has 0 saturated carbocycles. The van der Waals surface area contributed by atoms with E-state index >= 15 is 0 Å². The number of hydrogen-bond acceptors (Lipinski definition) is 3. The van der Waals surface area contributed by atoms with Gasteiger partial charge in [-0.3, -0.25) is 4.79 Å². The van der Waals surface area contributed by atoms with E-state index in [0.717, 1.165) is 10.5 Å². The maximum Gasteiger partial charge on any atom is 0.305 e. The van der Waals surface area contributed by atoms with Crippen LogP contribution in [0.5, 0.6) is 0 Å². The van der Waals surface area contributed by atoms with Crippen molar-refractivity contribution in [3.05, 3.63) is 27.7 Å². The Bertz CT molecular complexity index is 394. The largest absolute Gasteiger partial charge is 0.469 e. The van der Waals surface area contributed by atoms with Crippen molar-refractivity contribution >= 4 is 40.9 Å². The summed E-state index contributed by atoms with van der Waals surface area (Å²) in [4.78, 5) is 11.9. The number of ether oxygens (including phenoxy) is 1. The zero-order valence-electron chi connectivity index (χ0n) is 9.05. The molecule has 5 heteroatoms. The Labute approximate surface area is 109 Å². The third-order valence-electron chi connectivity index (χ3n) is 2.15. The van der Waals surface area contributed by atoms with Gasteiger partial charge >= 0.3 is 5.97 Å². The fraction of sp³-hybridized carbons (Fsp3) is 0.364. The SMILES string of the molecule is COC(=O)CCc1cc(Cl)c(SC)cc1Cl. The third kappa shape index (κ3) is 3.58. The van der Waals surface area contributed by atoms with Crippen LogP contribution in [0.2, 0.25) is 10.0 Å². The molecule has 0 radical (unpaired) electrons. The fourth-order valence-corrected chi connectivity index (χ4v) is 2.49. The predicted octanol–water partition coefficient (Wildman–Crippen LogP) is 3.82. The molecule has 0 heterocycles. The van der Waals surface area contributed by atoms with E-state index < -0.39 is 0 Å². The Morgan fingerprint density at radius 2 is 2.06 bits per heavy atom. The second kappa shape index (κ2) is 6.38. The summed E-state index contributed by atoms with van der Waals surface area (Å²) < 4.78 is 4.57. The van der Waals surface area contributed by atoms with Crippen LogP contribution in [0, 0.1) is 0 Å². The summed E-state index contributed by atoms with van der Waals surface area (Å²) in [7, 11) is 1.37. The van der Waals surface area contributed by atoms with Gasteiger partial charge in [0.2, 0.25) is 0 Å². The molecule has 0 aliphatic carbocycles. The first-order valence-corrected chi connectivity index (χ1v) is 6.65. The van der Waals surface area contributed by atoms with E-state index in [1.54, 1.807) is 6.07 Å². The zero-order chi connectivity index (χ0) is 12.1. The molecule has 0 aliphatic heterocycles. The summed E-state index contributed by atoms with van der Waals surface area (Å²) in [5, 5.41) is 1.30. The minimum absolute atomic E-state index is 0.249. The summed E-state index contributed by atoms with van der Waals surface area (Å²) in [6, 6.07) is 3.62. The third-order valence-corrected chi connectivity index (χ3v) is 3.70. The van der Waals surface area contributed by atoms with Crippen LogP contribution < -0.4 is 0 Å². The van der Waals surface area contributed by atoms with Crippen molar-refractivity contribution in [1.82, 2.24) is 0 Å². The van der Waals surface area contributed by atoms with Crippen LogP contribution in [0.4, 0.5) is 0 Å². The van der Waals surface area contributed by atoms with Crippen molar-refractivity contribution < 1.29 is 9.53 Å². The minimum Gasteiger partial charge on any atom is -0.469 e. The first-order chi connectivity index (χ1) is 7.58. The number of benzene rings is 1. The fourth-order valence-electron chi connectivity index (χ4n) is 1.26. The molecule has 0 unspecified atom stereocenters. The van der Waals surface area contributed by atoms with Gasteiger partial charge < -0.3 is 4.74 Å². The second-order valence-electron chi connectivity index (χ2n) is 3.15. The molecule has 0 N–H and O–H groups in total. The van der Waals surface area contributed by atoms with E-state index in [4.69, 9.17) is 23.2 Å². The molecule has 0 amide bonds. The molecule has 0 atom stereocenters. The Kier molecular flexibility index (Phi) is 5.46.